The average Bonchev–Trinajstić information content (AvgIpc) is 2.70. The molecule has 0 fully saturated rings. The summed E-state index contributed by atoms with van der Waals surface area (Å²) in [4.78, 5) is 4.37. The summed E-state index contributed by atoms with van der Waals surface area (Å²) in [5, 5.41) is 1.59. The van der Waals surface area contributed by atoms with Crippen molar-refractivity contribution in [2.24, 2.45) is 0 Å². The van der Waals surface area contributed by atoms with E-state index in [1.165, 1.54) is 0 Å². The third-order valence-electron chi connectivity index (χ3n) is 2.00. The highest BCUT2D eigenvalue weighted by molar-refractivity contribution is 14.1. The van der Waals surface area contributed by atoms with E-state index in [9.17, 15) is 0 Å². The summed E-state index contributed by atoms with van der Waals surface area (Å²) >= 11 is 11.5. The van der Waals surface area contributed by atoms with Gasteiger partial charge in [-0.2, -0.15) is 12.6 Å². The van der Waals surface area contributed by atoms with Gasteiger partial charge in [0.2, 0.25) is 5.89 Å². The number of alkyl halides is 1. The number of aromatic nitrogens is 1. The Bertz CT molecular complexity index is 452. The SMILES string of the molecule is S=CC(I)C(S)c1nc2ccccc2o1. The molecule has 5 heteroatoms. The van der Waals surface area contributed by atoms with Gasteiger partial charge in [-0.15, -0.1) is 0 Å². The minimum atomic E-state index is -0.0875. The van der Waals surface area contributed by atoms with Crippen molar-refractivity contribution in [3.05, 3.63) is 30.2 Å². The number of hydrogen-bond acceptors (Lipinski definition) is 4. The fourth-order valence-corrected chi connectivity index (χ4v) is 2.00. The molecule has 1 heterocycles. The standard InChI is InChI=1S/C10H8INOS2/c11-6(5-14)9(15)10-12-7-3-1-2-4-8(7)13-10/h1-6,9,15H. The van der Waals surface area contributed by atoms with E-state index in [1.807, 2.05) is 24.3 Å². The van der Waals surface area contributed by atoms with Crippen molar-refractivity contribution in [3.8, 4) is 0 Å². The summed E-state index contributed by atoms with van der Waals surface area (Å²) in [6.07, 6.45) is 0. The summed E-state index contributed by atoms with van der Waals surface area (Å²) in [6.45, 7) is 0. The molecule has 1 aromatic heterocycles. The summed E-state index contributed by atoms with van der Waals surface area (Å²) in [5.74, 6) is 0.625. The first-order valence-electron chi connectivity index (χ1n) is 4.35. The van der Waals surface area contributed by atoms with E-state index < -0.39 is 0 Å². The Morgan fingerprint density at radius 3 is 2.87 bits per heavy atom. The normalized spacial score (nSPS) is 15.1. The summed E-state index contributed by atoms with van der Waals surface area (Å²) in [6, 6.07) is 7.67. The molecule has 0 bridgehead atoms. The molecule has 0 spiro atoms. The number of para-hydroxylation sites is 2. The summed E-state index contributed by atoms with van der Waals surface area (Å²) in [7, 11) is 0. The fourth-order valence-electron chi connectivity index (χ4n) is 1.23. The molecular weight excluding hydrogens is 341 g/mol. The van der Waals surface area contributed by atoms with E-state index in [0.717, 1.165) is 11.1 Å². The maximum atomic E-state index is 5.59. The highest BCUT2D eigenvalue weighted by Crippen LogP contribution is 2.29. The number of oxazole rings is 1. The maximum absolute atomic E-state index is 5.59. The van der Waals surface area contributed by atoms with Crippen molar-refractivity contribution in [2.45, 2.75) is 9.17 Å². The molecule has 0 aliphatic heterocycles. The largest absolute Gasteiger partial charge is 0.439 e. The van der Waals surface area contributed by atoms with Crippen molar-refractivity contribution in [2.75, 3.05) is 0 Å². The molecule has 0 aliphatic carbocycles. The highest BCUT2D eigenvalue weighted by atomic mass is 127. The smallest absolute Gasteiger partial charge is 0.209 e. The second kappa shape index (κ2) is 4.80. The number of thiol groups is 1. The third kappa shape index (κ3) is 2.34. The van der Waals surface area contributed by atoms with Gasteiger partial charge in [0.25, 0.3) is 0 Å². The van der Waals surface area contributed by atoms with E-state index in [2.05, 4.69) is 40.2 Å². The molecule has 2 rings (SSSR count). The quantitative estimate of drug-likeness (QED) is 0.397. The zero-order valence-corrected chi connectivity index (χ0v) is 11.5. The first kappa shape index (κ1) is 11.3. The molecule has 0 N–H and O–H groups in total. The monoisotopic (exact) mass is 349 g/mol. The van der Waals surface area contributed by atoms with E-state index >= 15 is 0 Å². The molecule has 0 amide bonds. The van der Waals surface area contributed by atoms with Gasteiger partial charge in [0.15, 0.2) is 5.58 Å². The Hall–Kier alpha value is -0.140. The van der Waals surface area contributed by atoms with Gasteiger partial charge in [-0.1, -0.05) is 46.9 Å². The molecule has 78 valence electrons. The average molecular weight is 349 g/mol. The van der Waals surface area contributed by atoms with Crippen LogP contribution >= 0.6 is 47.4 Å². The van der Waals surface area contributed by atoms with Crippen molar-refractivity contribution in [1.29, 1.82) is 0 Å². The number of halogens is 1. The fraction of sp³-hybridized carbons (Fsp3) is 0.200. The van der Waals surface area contributed by atoms with Crippen LogP contribution in [0.3, 0.4) is 0 Å². The molecule has 2 aromatic rings. The van der Waals surface area contributed by atoms with Crippen LogP contribution in [0.1, 0.15) is 11.1 Å². The van der Waals surface area contributed by atoms with Gasteiger partial charge in [0.1, 0.15) is 5.52 Å². The van der Waals surface area contributed by atoms with Gasteiger partial charge >= 0.3 is 0 Å². The Kier molecular flexibility index (Phi) is 3.63. The minimum absolute atomic E-state index is 0.0875. The van der Waals surface area contributed by atoms with Gasteiger partial charge in [0, 0.05) is 0 Å². The lowest BCUT2D eigenvalue weighted by Crippen LogP contribution is -2.06. The zero-order valence-electron chi connectivity index (χ0n) is 7.63. The van der Waals surface area contributed by atoms with Gasteiger partial charge in [0.05, 0.1) is 9.17 Å². The summed E-state index contributed by atoms with van der Waals surface area (Å²) < 4.78 is 5.73. The topological polar surface area (TPSA) is 26.0 Å². The first-order chi connectivity index (χ1) is 7.22. The second-order valence-electron chi connectivity index (χ2n) is 3.05. The molecule has 0 saturated carbocycles. The van der Waals surface area contributed by atoms with Crippen LogP contribution in [0.4, 0.5) is 0 Å². The number of nitrogens with zero attached hydrogens (tertiary/aromatic N) is 1. The lowest BCUT2D eigenvalue weighted by atomic mass is 10.3. The predicted molar refractivity (Wildman–Crippen MR) is 77.2 cm³/mol. The lowest BCUT2D eigenvalue weighted by Gasteiger charge is -2.07. The van der Waals surface area contributed by atoms with Crippen molar-refractivity contribution < 1.29 is 4.42 Å². The van der Waals surface area contributed by atoms with E-state index in [1.54, 1.807) is 5.37 Å². The number of hydrogen-bond donors (Lipinski definition) is 1. The Morgan fingerprint density at radius 1 is 1.47 bits per heavy atom. The van der Waals surface area contributed by atoms with Crippen LogP contribution < -0.4 is 0 Å². The van der Waals surface area contributed by atoms with Crippen LogP contribution in [0, 0.1) is 0 Å². The van der Waals surface area contributed by atoms with Gasteiger partial charge in [-0.25, -0.2) is 4.98 Å². The van der Waals surface area contributed by atoms with Crippen LogP contribution in [-0.4, -0.2) is 14.3 Å². The molecule has 2 atom stereocenters. The molecule has 0 saturated heterocycles. The van der Waals surface area contributed by atoms with Crippen LogP contribution in [0.25, 0.3) is 11.1 Å². The number of thiocarbonyl (C=S) groups is 1. The molecule has 2 nitrogen and oxygen atoms in total. The first-order valence-corrected chi connectivity index (χ1v) is 6.58. The van der Waals surface area contributed by atoms with E-state index in [0.29, 0.717) is 5.89 Å². The highest BCUT2D eigenvalue weighted by Gasteiger charge is 2.20. The lowest BCUT2D eigenvalue weighted by molar-refractivity contribution is 0.533. The third-order valence-corrected chi connectivity index (χ3v) is 4.97. The van der Waals surface area contributed by atoms with Crippen LogP contribution in [0.2, 0.25) is 0 Å². The second-order valence-corrected chi connectivity index (χ2v) is 5.31. The number of benzene rings is 1. The molecule has 0 aliphatic rings. The number of rotatable bonds is 3. The molecule has 1 aromatic carbocycles. The van der Waals surface area contributed by atoms with E-state index in [4.69, 9.17) is 16.6 Å². The minimum Gasteiger partial charge on any atom is -0.439 e. The van der Waals surface area contributed by atoms with Gasteiger partial charge in [-0.3, -0.25) is 0 Å². The molecule has 2 unspecified atom stereocenters. The van der Waals surface area contributed by atoms with Crippen LogP contribution in [0.5, 0.6) is 0 Å². The zero-order chi connectivity index (χ0) is 10.8. The summed E-state index contributed by atoms with van der Waals surface area (Å²) in [5.41, 5.74) is 1.65. The van der Waals surface area contributed by atoms with Crippen molar-refractivity contribution in [1.82, 2.24) is 4.98 Å². The van der Waals surface area contributed by atoms with Gasteiger partial charge < -0.3 is 4.42 Å². The van der Waals surface area contributed by atoms with Gasteiger partial charge in [-0.05, 0) is 17.5 Å². The number of fused-ring (bicyclic) bond motifs is 1. The predicted octanol–water partition coefficient (Wildman–Crippen LogP) is 3.60. The maximum Gasteiger partial charge on any atom is 0.209 e. The Labute approximate surface area is 112 Å². The van der Waals surface area contributed by atoms with Crippen LogP contribution in [0.15, 0.2) is 28.7 Å². The van der Waals surface area contributed by atoms with Crippen molar-refractivity contribution in [3.63, 3.8) is 0 Å². The Balaban J connectivity index is 2.40. The van der Waals surface area contributed by atoms with Crippen molar-refractivity contribution >= 4 is 63.9 Å². The molecular formula is C10H8INOS2. The Morgan fingerprint density at radius 2 is 2.20 bits per heavy atom. The molecule has 0 radical (unpaired) electrons. The van der Waals surface area contributed by atoms with E-state index in [-0.39, 0.29) is 9.17 Å². The van der Waals surface area contributed by atoms with Crippen LogP contribution in [-0.2, 0) is 0 Å². The molecule has 15 heavy (non-hydrogen) atoms.